The number of pyridine rings is 1. The number of nitrogens with one attached hydrogen (secondary N) is 1. The van der Waals surface area contributed by atoms with Crippen LogP contribution in [0, 0.1) is 0 Å². The molecule has 0 aliphatic rings. The molecule has 2 heterocycles. The maximum absolute atomic E-state index is 13.4. The predicted octanol–water partition coefficient (Wildman–Crippen LogP) is 5.75. The Morgan fingerprint density at radius 2 is 1.68 bits per heavy atom. The molecule has 0 saturated carbocycles. The van der Waals surface area contributed by atoms with Crippen LogP contribution in [0.4, 0.5) is 0 Å². The third-order valence-corrected chi connectivity index (χ3v) is 5.73. The second-order valence-electron chi connectivity index (χ2n) is 9.02. The van der Waals surface area contributed by atoms with Gasteiger partial charge in [-0.2, -0.15) is 0 Å². The Morgan fingerprint density at radius 1 is 0.968 bits per heavy atom. The lowest BCUT2D eigenvalue weighted by Gasteiger charge is -2.24. The van der Waals surface area contributed by atoms with Crippen LogP contribution in [0.5, 0.6) is 0 Å². The van der Waals surface area contributed by atoms with E-state index >= 15 is 0 Å². The lowest BCUT2D eigenvalue weighted by molar-refractivity contribution is 0.0745. The number of amides is 1. The number of aromatic nitrogens is 2. The number of benzene rings is 2. The zero-order chi connectivity index (χ0) is 21.8. The van der Waals surface area contributed by atoms with Crippen molar-refractivity contribution in [2.24, 2.45) is 0 Å². The molecule has 1 amide bonds. The van der Waals surface area contributed by atoms with E-state index in [1.54, 1.807) is 12.4 Å². The molecule has 0 aliphatic carbocycles. The van der Waals surface area contributed by atoms with Crippen molar-refractivity contribution in [2.75, 3.05) is 6.54 Å². The molecular formula is C27H29N3O. The monoisotopic (exact) mass is 411 g/mol. The van der Waals surface area contributed by atoms with Gasteiger partial charge in [-0.1, -0.05) is 51.1 Å². The summed E-state index contributed by atoms with van der Waals surface area (Å²) in [7, 11) is 0. The molecule has 0 saturated heterocycles. The number of H-pyrrole nitrogens is 1. The van der Waals surface area contributed by atoms with Crippen LogP contribution < -0.4 is 0 Å². The first kappa shape index (κ1) is 20.9. The maximum Gasteiger partial charge on any atom is 0.254 e. The van der Waals surface area contributed by atoms with Crippen LogP contribution in [0.1, 0.15) is 47.8 Å². The Balaban J connectivity index is 1.57. The van der Waals surface area contributed by atoms with Gasteiger partial charge in [-0.25, -0.2) is 0 Å². The van der Waals surface area contributed by atoms with Crippen LogP contribution in [0.15, 0.2) is 79.3 Å². The smallest absolute Gasteiger partial charge is 0.254 e. The fourth-order valence-electron chi connectivity index (χ4n) is 3.85. The van der Waals surface area contributed by atoms with Crippen molar-refractivity contribution in [3.8, 4) is 0 Å². The van der Waals surface area contributed by atoms with Gasteiger partial charge in [0.1, 0.15) is 0 Å². The quantitative estimate of drug-likeness (QED) is 0.439. The molecule has 0 fully saturated rings. The summed E-state index contributed by atoms with van der Waals surface area (Å²) < 4.78 is 0. The van der Waals surface area contributed by atoms with Crippen LogP contribution in [-0.4, -0.2) is 27.3 Å². The fourth-order valence-corrected chi connectivity index (χ4v) is 3.85. The van der Waals surface area contributed by atoms with Crippen molar-refractivity contribution < 1.29 is 4.79 Å². The molecule has 0 aliphatic heterocycles. The number of aromatic amines is 1. The molecule has 31 heavy (non-hydrogen) atoms. The van der Waals surface area contributed by atoms with E-state index < -0.39 is 0 Å². The SMILES string of the molecule is CC(C)(C)c1ccc(C(=O)N(CCc2c[nH]c3ccccc23)Cc2ccncc2)cc1. The summed E-state index contributed by atoms with van der Waals surface area (Å²) in [5.74, 6) is 0.0529. The number of nitrogens with zero attached hydrogens (tertiary/aromatic N) is 2. The Bertz CT molecular complexity index is 1150. The van der Waals surface area contributed by atoms with Crippen molar-refractivity contribution in [1.29, 1.82) is 0 Å². The highest BCUT2D eigenvalue weighted by Gasteiger charge is 2.19. The zero-order valence-electron chi connectivity index (χ0n) is 18.4. The average molecular weight is 412 g/mol. The molecule has 0 radical (unpaired) electrons. The van der Waals surface area contributed by atoms with Gasteiger partial charge in [0.25, 0.3) is 5.91 Å². The molecular weight excluding hydrogens is 382 g/mol. The molecule has 2 aromatic carbocycles. The highest BCUT2D eigenvalue weighted by Crippen LogP contribution is 2.23. The minimum Gasteiger partial charge on any atom is -0.361 e. The van der Waals surface area contributed by atoms with E-state index in [2.05, 4.69) is 67.3 Å². The number of carbonyl (C=O) groups is 1. The number of rotatable bonds is 6. The first-order valence-corrected chi connectivity index (χ1v) is 10.8. The zero-order valence-corrected chi connectivity index (χ0v) is 18.4. The van der Waals surface area contributed by atoms with Gasteiger partial charge >= 0.3 is 0 Å². The lowest BCUT2D eigenvalue weighted by atomic mass is 9.86. The lowest BCUT2D eigenvalue weighted by Crippen LogP contribution is -2.32. The minimum absolute atomic E-state index is 0.0529. The van der Waals surface area contributed by atoms with Crippen LogP contribution in [-0.2, 0) is 18.4 Å². The van der Waals surface area contributed by atoms with Gasteiger partial charge in [0.05, 0.1) is 0 Å². The largest absolute Gasteiger partial charge is 0.361 e. The first-order valence-electron chi connectivity index (χ1n) is 10.8. The van der Waals surface area contributed by atoms with Crippen LogP contribution in [0.3, 0.4) is 0 Å². The van der Waals surface area contributed by atoms with Crippen molar-refractivity contribution >= 4 is 16.8 Å². The topological polar surface area (TPSA) is 49.0 Å². The van der Waals surface area contributed by atoms with Crippen molar-refractivity contribution in [1.82, 2.24) is 14.9 Å². The molecule has 4 heteroatoms. The molecule has 4 aromatic rings. The molecule has 158 valence electrons. The molecule has 4 nitrogen and oxygen atoms in total. The van der Waals surface area contributed by atoms with Crippen LogP contribution >= 0.6 is 0 Å². The number of hydrogen-bond acceptors (Lipinski definition) is 2. The van der Waals surface area contributed by atoms with E-state index in [4.69, 9.17) is 0 Å². The Hall–Kier alpha value is -3.40. The summed E-state index contributed by atoms with van der Waals surface area (Å²) >= 11 is 0. The van der Waals surface area contributed by atoms with Crippen LogP contribution in [0.25, 0.3) is 10.9 Å². The van der Waals surface area contributed by atoms with E-state index in [9.17, 15) is 4.79 Å². The highest BCUT2D eigenvalue weighted by atomic mass is 16.2. The first-order chi connectivity index (χ1) is 14.9. The van der Waals surface area contributed by atoms with Gasteiger partial charge in [0, 0.05) is 48.1 Å². The van der Waals surface area contributed by atoms with E-state index in [0.29, 0.717) is 13.1 Å². The molecule has 0 bridgehead atoms. The average Bonchev–Trinajstić information content (AvgIpc) is 3.19. The molecule has 0 unspecified atom stereocenters. The summed E-state index contributed by atoms with van der Waals surface area (Å²) in [5, 5.41) is 1.22. The molecule has 2 aromatic heterocycles. The minimum atomic E-state index is 0.0529. The third kappa shape index (κ3) is 4.85. The van der Waals surface area contributed by atoms with Crippen LogP contribution in [0.2, 0.25) is 0 Å². The summed E-state index contributed by atoms with van der Waals surface area (Å²) in [4.78, 5) is 22.8. The molecule has 0 atom stereocenters. The van der Waals surface area contributed by atoms with Crippen molar-refractivity contribution in [3.05, 3.63) is 102 Å². The number of hydrogen-bond donors (Lipinski definition) is 1. The Labute approximate surface area is 183 Å². The fraction of sp³-hybridized carbons (Fsp3) is 0.259. The second kappa shape index (κ2) is 8.76. The molecule has 1 N–H and O–H groups in total. The summed E-state index contributed by atoms with van der Waals surface area (Å²) in [5.41, 5.74) is 5.44. The van der Waals surface area contributed by atoms with Gasteiger partial charge in [-0.05, 0) is 58.9 Å². The van der Waals surface area contributed by atoms with Gasteiger partial charge in [-0.15, -0.1) is 0 Å². The third-order valence-electron chi connectivity index (χ3n) is 5.73. The van der Waals surface area contributed by atoms with Gasteiger partial charge in [0.15, 0.2) is 0 Å². The number of fused-ring (bicyclic) bond motifs is 1. The van der Waals surface area contributed by atoms with E-state index in [1.165, 1.54) is 16.5 Å². The summed E-state index contributed by atoms with van der Waals surface area (Å²) in [6.07, 6.45) is 6.39. The summed E-state index contributed by atoms with van der Waals surface area (Å²) in [6.45, 7) is 7.75. The summed E-state index contributed by atoms with van der Waals surface area (Å²) in [6, 6.07) is 20.3. The second-order valence-corrected chi connectivity index (χ2v) is 9.02. The maximum atomic E-state index is 13.4. The molecule has 4 rings (SSSR count). The van der Waals surface area contributed by atoms with E-state index in [0.717, 1.165) is 23.1 Å². The van der Waals surface area contributed by atoms with E-state index in [1.807, 2.05) is 35.2 Å². The molecule has 0 spiro atoms. The van der Waals surface area contributed by atoms with Gasteiger partial charge < -0.3 is 9.88 Å². The normalized spacial score (nSPS) is 11.6. The van der Waals surface area contributed by atoms with Crippen molar-refractivity contribution in [3.63, 3.8) is 0 Å². The number of para-hydroxylation sites is 1. The van der Waals surface area contributed by atoms with E-state index in [-0.39, 0.29) is 11.3 Å². The standard InChI is InChI=1S/C27H29N3O/c1-27(2,3)23-10-8-21(9-11-23)26(31)30(19-20-12-15-28-16-13-20)17-14-22-18-29-25-7-5-4-6-24(22)25/h4-13,15-16,18,29H,14,17,19H2,1-3H3. The van der Waals surface area contributed by atoms with Gasteiger partial charge in [0.2, 0.25) is 0 Å². The highest BCUT2D eigenvalue weighted by molar-refractivity contribution is 5.94. The van der Waals surface area contributed by atoms with Gasteiger partial charge in [-0.3, -0.25) is 9.78 Å². The number of carbonyl (C=O) groups excluding carboxylic acids is 1. The predicted molar refractivity (Wildman–Crippen MR) is 126 cm³/mol. The Kier molecular flexibility index (Phi) is 5.90. The Morgan fingerprint density at radius 3 is 2.39 bits per heavy atom. The van der Waals surface area contributed by atoms with Crippen molar-refractivity contribution in [2.45, 2.75) is 39.2 Å².